The zero-order chi connectivity index (χ0) is 15.6. The molecule has 1 unspecified atom stereocenters. The fourth-order valence-electron chi connectivity index (χ4n) is 1.88. The minimum atomic E-state index is -0.836. The van der Waals surface area contributed by atoms with Gasteiger partial charge < -0.3 is 10.0 Å². The minimum absolute atomic E-state index is 0.139. The first-order chi connectivity index (χ1) is 9.88. The summed E-state index contributed by atoms with van der Waals surface area (Å²) in [7, 11) is 3.34. The quantitative estimate of drug-likeness (QED) is 0.939. The number of carbonyl (C=O) groups is 1. The van der Waals surface area contributed by atoms with Gasteiger partial charge in [0.25, 0.3) is 5.91 Å². The number of hydrogen-bond acceptors (Lipinski definition) is 3. The van der Waals surface area contributed by atoms with Crippen molar-refractivity contribution in [2.45, 2.75) is 12.6 Å². The zero-order valence-electron chi connectivity index (χ0n) is 11.6. The third-order valence-electron chi connectivity index (χ3n) is 2.97. The van der Waals surface area contributed by atoms with Crippen molar-refractivity contribution in [3.63, 3.8) is 0 Å². The van der Waals surface area contributed by atoms with Crippen LogP contribution in [0.2, 0.25) is 10.0 Å². The first kappa shape index (κ1) is 15.8. The molecule has 1 atom stereocenters. The molecule has 1 heterocycles. The molecule has 112 valence electrons. The predicted molar refractivity (Wildman–Crippen MR) is 81.7 cm³/mol. The van der Waals surface area contributed by atoms with E-state index in [2.05, 4.69) is 5.10 Å². The Labute approximate surface area is 132 Å². The molecule has 0 radical (unpaired) electrons. The van der Waals surface area contributed by atoms with Crippen molar-refractivity contribution >= 4 is 29.1 Å². The standard InChI is InChI=1S/C14H15Cl2N3O2/c1-18(2)14(21)9-6-17-19(7-9)8-13(20)11-4-3-10(15)5-12(11)16/h3-7,13,20H,8H2,1-2H3. The summed E-state index contributed by atoms with van der Waals surface area (Å²) < 4.78 is 1.51. The van der Waals surface area contributed by atoms with Crippen LogP contribution in [-0.2, 0) is 6.54 Å². The first-order valence-electron chi connectivity index (χ1n) is 6.25. The van der Waals surface area contributed by atoms with Crippen LogP contribution >= 0.6 is 23.2 Å². The van der Waals surface area contributed by atoms with E-state index < -0.39 is 6.10 Å². The smallest absolute Gasteiger partial charge is 0.256 e. The Morgan fingerprint density at radius 3 is 2.76 bits per heavy atom. The minimum Gasteiger partial charge on any atom is -0.386 e. The Balaban J connectivity index is 2.13. The highest BCUT2D eigenvalue weighted by atomic mass is 35.5. The summed E-state index contributed by atoms with van der Waals surface area (Å²) in [6.45, 7) is 0.196. The van der Waals surface area contributed by atoms with Gasteiger partial charge in [-0.25, -0.2) is 0 Å². The number of carbonyl (C=O) groups excluding carboxylic acids is 1. The second-order valence-electron chi connectivity index (χ2n) is 4.83. The molecule has 0 bridgehead atoms. The van der Waals surface area contributed by atoms with E-state index in [1.54, 1.807) is 38.5 Å². The summed E-state index contributed by atoms with van der Waals surface area (Å²) in [6.07, 6.45) is 2.23. The molecule has 0 fully saturated rings. The van der Waals surface area contributed by atoms with Gasteiger partial charge in [0.2, 0.25) is 0 Å². The molecule has 2 rings (SSSR count). The molecule has 21 heavy (non-hydrogen) atoms. The van der Waals surface area contributed by atoms with Crippen LogP contribution in [0, 0.1) is 0 Å². The lowest BCUT2D eigenvalue weighted by molar-refractivity contribution is 0.0827. The van der Waals surface area contributed by atoms with Gasteiger partial charge in [-0.1, -0.05) is 29.3 Å². The second-order valence-corrected chi connectivity index (χ2v) is 5.68. The highest BCUT2D eigenvalue weighted by Crippen LogP contribution is 2.27. The molecule has 0 saturated heterocycles. The van der Waals surface area contributed by atoms with Gasteiger partial charge >= 0.3 is 0 Å². The zero-order valence-corrected chi connectivity index (χ0v) is 13.1. The Bertz CT molecular complexity index is 655. The van der Waals surface area contributed by atoms with Crippen molar-refractivity contribution in [3.8, 4) is 0 Å². The largest absolute Gasteiger partial charge is 0.386 e. The number of amides is 1. The molecule has 1 amide bonds. The summed E-state index contributed by atoms with van der Waals surface area (Å²) in [5, 5.41) is 15.2. The first-order valence-corrected chi connectivity index (χ1v) is 7.01. The third-order valence-corrected chi connectivity index (χ3v) is 3.53. The van der Waals surface area contributed by atoms with Gasteiger partial charge in [0.15, 0.2) is 0 Å². The van der Waals surface area contributed by atoms with Crippen molar-refractivity contribution in [1.82, 2.24) is 14.7 Å². The molecule has 0 aliphatic heterocycles. The molecule has 1 aromatic heterocycles. The number of aliphatic hydroxyl groups excluding tert-OH is 1. The Morgan fingerprint density at radius 2 is 2.14 bits per heavy atom. The average Bonchev–Trinajstić information content (AvgIpc) is 2.85. The van der Waals surface area contributed by atoms with E-state index in [1.807, 2.05) is 0 Å². The van der Waals surface area contributed by atoms with E-state index in [9.17, 15) is 9.90 Å². The Kier molecular flexibility index (Phi) is 4.88. The van der Waals surface area contributed by atoms with Crippen molar-refractivity contribution in [1.29, 1.82) is 0 Å². The molecule has 0 saturated carbocycles. The number of nitrogens with zero attached hydrogens (tertiary/aromatic N) is 3. The lowest BCUT2D eigenvalue weighted by Gasteiger charge is -2.13. The van der Waals surface area contributed by atoms with Gasteiger partial charge in [-0.3, -0.25) is 9.48 Å². The maximum absolute atomic E-state index is 11.8. The summed E-state index contributed by atoms with van der Waals surface area (Å²) >= 11 is 11.9. The second kappa shape index (κ2) is 6.47. The number of benzene rings is 1. The van der Waals surface area contributed by atoms with E-state index in [4.69, 9.17) is 23.2 Å². The number of aromatic nitrogens is 2. The topological polar surface area (TPSA) is 58.4 Å². The van der Waals surface area contributed by atoms with E-state index in [0.29, 0.717) is 21.2 Å². The van der Waals surface area contributed by atoms with Crippen LogP contribution in [0.15, 0.2) is 30.6 Å². The molecular formula is C14H15Cl2N3O2. The van der Waals surface area contributed by atoms with Gasteiger partial charge in [0, 0.05) is 35.9 Å². The van der Waals surface area contributed by atoms with Crippen molar-refractivity contribution < 1.29 is 9.90 Å². The van der Waals surface area contributed by atoms with Crippen LogP contribution in [0.25, 0.3) is 0 Å². The van der Waals surface area contributed by atoms with Crippen molar-refractivity contribution in [3.05, 3.63) is 51.8 Å². The van der Waals surface area contributed by atoms with Gasteiger partial charge in [-0.15, -0.1) is 0 Å². The van der Waals surface area contributed by atoms with Crippen LogP contribution in [0.4, 0.5) is 0 Å². The van der Waals surface area contributed by atoms with Crippen LogP contribution < -0.4 is 0 Å². The fraction of sp³-hybridized carbons (Fsp3) is 0.286. The summed E-state index contributed by atoms with van der Waals surface area (Å²) in [5.41, 5.74) is 1.03. The summed E-state index contributed by atoms with van der Waals surface area (Å²) in [5.74, 6) is -0.139. The average molecular weight is 328 g/mol. The number of hydrogen-bond donors (Lipinski definition) is 1. The Hall–Kier alpha value is -1.56. The van der Waals surface area contributed by atoms with Crippen LogP contribution in [0.5, 0.6) is 0 Å². The normalized spacial score (nSPS) is 12.2. The molecule has 1 N–H and O–H groups in total. The van der Waals surface area contributed by atoms with Gasteiger partial charge in [-0.2, -0.15) is 5.10 Å². The Morgan fingerprint density at radius 1 is 1.43 bits per heavy atom. The summed E-state index contributed by atoms with van der Waals surface area (Å²) in [4.78, 5) is 13.2. The highest BCUT2D eigenvalue weighted by Gasteiger charge is 2.15. The van der Waals surface area contributed by atoms with E-state index in [0.717, 1.165) is 0 Å². The molecule has 0 aliphatic rings. The lowest BCUT2D eigenvalue weighted by Crippen LogP contribution is -2.21. The summed E-state index contributed by atoms with van der Waals surface area (Å²) in [6, 6.07) is 4.91. The SMILES string of the molecule is CN(C)C(=O)c1cnn(CC(O)c2ccc(Cl)cc2Cl)c1. The number of rotatable bonds is 4. The van der Waals surface area contributed by atoms with Gasteiger partial charge in [-0.05, 0) is 12.1 Å². The maximum atomic E-state index is 11.8. The van der Waals surface area contributed by atoms with Crippen LogP contribution in [-0.4, -0.2) is 39.8 Å². The fourth-order valence-corrected chi connectivity index (χ4v) is 2.41. The maximum Gasteiger partial charge on any atom is 0.256 e. The highest BCUT2D eigenvalue weighted by molar-refractivity contribution is 6.35. The molecule has 0 spiro atoms. The monoisotopic (exact) mass is 327 g/mol. The van der Waals surface area contributed by atoms with E-state index in [-0.39, 0.29) is 12.5 Å². The third kappa shape index (κ3) is 3.75. The lowest BCUT2D eigenvalue weighted by atomic mass is 10.1. The molecular weight excluding hydrogens is 313 g/mol. The molecule has 2 aromatic rings. The number of aliphatic hydroxyl groups is 1. The molecule has 7 heteroatoms. The van der Waals surface area contributed by atoms with Crippen molar-refractivity contribution in [2.24, 2.45) is 0 Å². The molecule has 0 aliphatic carbocycles. The molecule has 5 nitrogen and oxygen atoms in total. The number of halogens is 2. The van der Waals surface area contributed by atoms with E-state index >= 15 is 0 Å². The predicted octanol–water partition coefficient (Wildman–Crippen LogP) is 2.63. The van der Waals surface area contributed by atoms with E-state index in [1.165, 1.54) is 15.8 Å². The van der Waals surface area contributed by atoms with Gasteiger partial charge in [0.05, 0.1) is 24.4 Å². The van der Waals surface area contributed by atoms with Crippen molar-refractivity contribution in [2.75, 3.05) is 14.1 Å². The van der Waals surface area contributed by atoms with Gasteiger partial charge in [0.1, 0.15) is 0 Å². The van der Waals surface area contributed by atoms with Crippen LogP contribution in [0.3, 0.4) is 0 Å². The van der Waals surface area contributed by atoms with Crippen LogP contribution in [0.1, 0.15) is 22.0 Å². The molecule has 1 aromatic carbocycles.